The number of carbonyl (C=O) groups excluding carboxylic acids is 1. The summed E-state index contributed by atoms with van der Waals surface area (Å²) in [5.41, 5.74) is 2.00. The number of rotatable bonds is 2. The monoisotopic (exact) mass is 327 g/mol. The third-order valence-corrected chi connectivity index (χ3v) is 3.60. The van der Waals surface area contributed by atoms with Gasteiger partial charge in [0.15, 0.2) is 0 Å². The van der Waals surface area contributed by atoms with E-state index in [0.29, 0.717) is 11.3 Å². The van der Waals surface area contributed by atoms with Crippen molar-refractivity contribution in [3.8, 4) is 0 Å². The average molecular weight is 328 g/mol. The molecule has 0 fully saturated rings. The van der Waals surface area contributed by atoms with Crippen LogP contribution in [0.25, 0.3) is 10.9 Å². The smallest absolute Gasteiger partial charge is 0.255 e. The zero-order chi connectivity index (χ0) is 13.9. The second kappa shape index (κ2) is 5.38. The van der Waals surface area contributed by atoms with Gasteiger partial charge in [0.1, 0.15) is 0 Å². The van der Waals surface area contributed by atoms with Crippen LogP contribution in [-0.4, -0.2) is 15.9 Å². The van der Waals surface area contributed by atoms with Gasteiger partial charge < -0.3 is 5.32 Å². The van der Waals surface area contributed by atoms with Crippen LogP contribution < -0.4 is 5.32 Å². The van der Waals surface area contributed by atoms with Gasteiger partial charge in [0, 0.05) is 34.0 Å². The molecule has 3 rings (SSSR count). The van der Waals surface area contributed by atoms with E-state index in [1.165, 1.54) is 0 Å². The third-order valence-electron chi connectivity index (χ3n) is 2.91. The van der Waals surface area contributed by atoms with Crippen LogP contribution in [0, 0.1) is 0 Å². The van der Waals surface area contributed by atoms with E-state index < -0.39 is 0 Å². The summed E-state index contributed by atoms with van der Waals surface area (Å²) in [7, 11) is 0. The SMILES string of the molecule is O=C(Nc1ccc(Br)c2cccnc12)c1ccncc1. The molecule has 0 aliphatic heterocycles. The highest BCUT2D eigenvalue weighted by Gasteiger charge is 2.10. The number of nitrogens with zero attached hydrogens (tertiary/aromatic N) is 2. The molecule has 2 heterocycles. The Morgan fingerprint density at radius 1 is 1.05 bits per heavy atom. The van der Waals surface area contributed by atoms with Gasteiger partial charge in [0.05, 0.1) is 11.2 Å². The molecule has 0 aliphatic carbocycles. The van der Waals surface area contributed by atoms with Crippen molar-refractivity contribution >= 4 is 38.4 Å². The molecule has 4 nitrogen and oxygen atoms in total. The number of carbonyl (C=O) groups is 1. The van der Waals surface area contributed by atoms with E-state index in [1.54, 1.807) is 30.7 Å². The first-order chi connectivity index (χ1) is 9.75. The fraction of sp³-hybridized carbons (Fsp3) is 0. The Labute approximate surface area is 124 Å². The van der Waals surface area contributed by atoms with Gasteiger partial charge in [-0.2, -0.15) is 0 Å². The Bertz CT molecular complexity index is 774. The topological polar surface area (TPSA) is 54.9 Å². The molecule has 1 N–H and O–H groups in total. The van der Waals surface area contributed by atoms with Crippen LogP contribution in [0.15, 0.2) is 59.5 Å². The Hall–Kier alpha value is -2.27. The minimum absolute atomic E-state index is 0.179. The molecule has 0 atom stereocenters. The van der Waals surface area contributed by atoms with Crippen molar-refractivity contribution in [2.24, 2.45) is 0 Å². The van der Waals surface area contributed by atoms with E-state index in [0.717, 1.165) is 15.4 Å². The van der Waals surface area contributed by atoms with Crippen LogP contribution in [0.5, 0.6) is 0 Å². The van der Waals surface area contributed by atoms with Crippen molar-refractivity contribution in [1.29, 1.82) is 0 Å². The minimum Gasteiger partial charge on any atom is -0.320 e. The number of hydrogen-bond donors (Lipinski definition) is 1. The van der Waals surface area contributed by atoms with E-state index in [4.69, 9.17) is 0 Å². The van der Waals surface area contributed by atoms with E-state index in [9.17, 15) is 4.79 Å². The lowest BCUT2D eigenvalue weighted by molar-refractivity contribution is 0.102. The van der Waals surface area contributed by atoms with E-state index in [2.05, 4.69) is 31.2 Å². The third kappa shape index (κ3) is 2.40. The predicted molar refractivity (Wildman–Crippen MR) is 81.6 cm³/mol. The number of anilines is 1. The van der Waals surface area contributed by atoms with Gasteiger partial charge in [-0.3, -0.25) is 14.8 Å². The summed E-state index contributed by atoms with van der Waals surface area (Å²) in [5, 5.41) is 3.84. The van der Waals surface area contributed by atoms with Crippen molar-refractivity contribution < 1.29 is 4.79 Å². The number of fused-ring (bicyclic) bond motifs is 1. The molecule has 0 unspecified atom stereocenters. The Kier molecular flexibility index (Phi) is 3.43. The lowest BCUT2D eigenvalue weighted by atomic mass is 10.2. The maximum atomic E-state index is 12.2. The molecule has 1 aromatic carbocycles. The fourth-order valence-electron chi connectivity index (χ4n) is 1.94. The molecule has 0 saturated heterocycles. The van der Waals surface area contributed by atoms with Crippen LogP contribution in [0.1, 0.15) is 10.4 Å². The van der Waals surface area contributed by atoms with Gasteiger partial charge in [0.25, 0.3) is 5.91 Å². The number of aromatic nitrogens is 2. The second-order valence-electron chi connectivity index (χ2n) is 4.18. The highest BCUT2D eigenvalue weighted by Crippen LogP contribution is 2.28. The molecule has 0 radical (unpaired) electrons. The maximum Gasteiger partial charge on any atom is 0.255 e. The summed E-state index contributed by atoms with van der Waals surface area (Å²) in [4.78, 5) is 20.4. The first-order valence-electron chi connectivity index (χ1n) is 6.00. The van der Waals surface area contributed by atoms with Crippen molar-refractivity contribution in [2.75, 3.05) is 5.32 Å². The Morgan fingerprint density at radius 3 is 2.65 bits per heavy atom. The predicted octanol–water partition coefficient (Wildman–Crippen LogP) is 3.64. The quantitative estimate of drug-likeness (QED) is 0.781. The number of pyridine rings is 2. The molecule has 98 valence electrons. The van der Waals surface area contributed by atoms with Gasteiger partial charge in [0.2, 0.25) is 0 Å². The van der Waals surface area contributed by atoms with Crippen LogP contribution in [-0.2, 0) is 0 Å². The number of nitrogens with one attached hydrogen (secondary N) is 1. The second-order valence-corrected chi connectivity index (χ2v) is 5.04. The van der Waals surface area contributed by atoms with Crippen LogP contribution in [0.3, 0.4) is 0 Å². The van der Waals surface area contributed by atoms with Crippen LogP contribution >= 0.6 is 15.9 Å². The van der Waals surface area contributed by atoms with Crippen molar-refractivity contribution in [1.82, 2.24) is 9.97 Å². The molecule has 3 aromatic rings. The molecule has 0 bridgehead atoms. The van der Waals surface area contributed by atoms with Crippen molar-refractivity contribution in [3.05, 3.63) is 65.0 Å². The van der Waals surface area contributed by atoms with Gasteiger partial charge in [-0.1, -0.05) is 22.0 Å². The highest BCUT2D eigenvalue weighted by molar-refractivity contribution is 9.10. The zero-order valence-corrected chi connectivity index (χ0v) is 12.0. The Morgan fingerprint density at radius 2 is 1.85 bits per heavy atom. The number of benzene rings is 1. The van der Waals surface area contributed by atoms with Gasteiger partial charge in [-0.05, 0) is 30.3 Å². The first-order valence-corrected chi connectivity index (χ1v) is 6.79. The molecule has 5 heteroatoms. The molecule has 0 aliphatic rings. The number of halogens is 1. The van der Waals surface area contributed by atoms with Gasteiger partial charge >= 0.3 is 0 Å². The fourth-order valence-corrected chi connectivity index (χ4v) is 2.39. The molecule has 20 heavy (non-hydrogen) atoms. The van der Waals surface area contributed by atoms with Crippen molar-refractivity contribution in [3.63, 3.8) is 0 Å². The molecular weight excluding hydrogens is 318 g/mol. The summed E-state index contributed by atoms with van der Waals surface area (Å²) in [6, 6.07) is 10.9. The molecule has 0 saturated carbocycles. The standard InChI is InChI=1S/C15H10BrN3O/c16-12-3-4-13(14-11(12)2-1-7-18-14)19-15(20)10-5-8-17-9-6-10/h1-9H,(H,19,20). The lowest BCUT2D eigenvalue weighted by Gasteiger charge is -2.09. The summed E-state index contributed by atoms with van der Waals surface area (Å²) in [6.07, 6.45) is 4.89. The highest BCUT2D eigenvalue weighted by atomic mass is 79.9. The minimum atomic E-state index is -0.179. The molecule has 0 spiro atoms. The Balaban J connectivity index is 2.00. The van der Waals surface area contributed by atoms with E-state index >= 15 is 0 Å². The summed E-state index contributed by atoms with van der Waals surface area (Å²) >= 11 is 3.48. The largest absolute Gasteiger partial charge is 0.320 e. The van der Waals surface area contributed by atoms with Crippen LogP contribution in [0.2, 0.25) is 0 Å². The molecular formula is C15H10BrN3O. The van der Waals surface area contributed by atoms with Crippen molar-refractivity contribution in [2.45, 2.75) is 0 Å². The van der Waals surface area contributed by atoms with Gasteiger partial charge in [-0.25, -0.2) is 0 Å². The molecule has 1 amide bonds. The zero-order valence-electron chi connectivity index (χ0n) is 10.4. The summed E-state index contributed by atoms with van der Waals surface area (Å²) in [6.45, 7) is 0. The summed E-state index contributed by atoms with van der Waals surface area (Å²) in [5.74, 6) is -0.179. The summed E-state index contributed by atoms with van der Waals surface area (Å²) < 4.78 is 0.947. The molecule has 2 aromatic heterocycles. The first kappa shape index (κ1) is 12.7. The van der Waals surface area contributed by atoms with Crippen LogP contribution in [0.4, 0.5) is 5.69 Å². The van der Waals surface area contributed by atoms with Gasteiger partial charge in [-0.15, -0.1) is 0 Å². The lowest BCUT2D eigenvalue weighted by Crippen LogP contribution is -2.12. The number of amides is 1. The van der Waals surface area contributed by atoms with E-state index in [-0.39, 0.29) is 5.91 Å². The average Bonchev–Trinajstić information content (AvgIpc) is 2.51. The normalized spacial score (nSPS) is 10.4. The maximum absolute atomic E-state index is 12.2. The van der Waals surface area contributed by atoms with E-state index in [1.807, 2.05) is 24.3 Å². The number of hydrogen-bond acceptors (Lipinski definition) is 3.